The Bertz CT molecular complexity index is 1300. The number of carbonyl (C=O) groups excluding carboxylic acids is 1. The van der Waals surface area contributed by atoms with Gasteiger partial charge in [-0.25, -0.2) is 0 Å². The van der Waals surface area contributed by atoms with E-state index in [1.807, 2.05) is 104 Å². The molecule has 3 aromatic carbocycles. The lowest BCUT2D eigenvalue weighted by Gasteiger charge is -2.21. The van der Waals surface area contributed by atoms with Crippen molar-refractivity contribution in [2.24, 2.45) is 0 Å². The van der Waals surface area contributed by atoms with E-state index in [1.165, 1.54) is 0 Å². The molecule has 0 radical (unpaired) electrons. The van der Waals surface area contributed by atoms with Gasteiger partial charge in [-0.2, -0.15) is 0 Å². The van der Waals surface area contributed by atoms with E-state index in [4.69, 9.17) is 0 Å². The molecule has 1 aromatic heterocycles. The normalized spacial score (nSPS) is 10.7. The highest BCUT2D eigenvalue weighted by Gasteiger charge is 2.22. The van der Waals surface area contributed by atoms with Crippen LogP contribution in [0.3, 0.4) is 0 Å². The summed E-state index contributed by atoms with van der Waals surface area (Å²) in [6.45, 7) is 6.36. The molecule has 0 aliphatic heterocycles. The number of carbonyl (C=O) groups is 1. The minimum Gasteiger partial charge on any atom is -0.340 e. The lowest BCUT2D eigenvalue weighted by molar-refractivity contribution is 0.102. The average molecular weight is 423 g/mol. The van der Waals surface area contributed by atoms with Crippen LogP contribution in [0.25, 0.3) is 11.3 Å². The second kappa shape index (κ2) is 9.06. The van der Waals surface area contributed by atoms with E-state index in [-0.39, 0.29) is 11.0 Å². The summed E-state index contributed by atoms with van der Waals surface area (Å²) in [6.07, 6.45) is 0. The molecular weight excluding hydrogens is 396 g/mol. The van der Waals surface area contributed by atoms with Gasteiger partial charge in [0, 0.05) is 24.0 Å². The number of hydrogen-bond acceptors (Lipinski definition) is 2. The van der Waals surface area contributed by atoms with Crippen molar-refractivity contribution in [1.82, 2.24) is 4.57 Å². The number of rotatable bonds is 5. The molecule has 0 bridgehead atoms. The molecule has 32 heavy (non-hydrogen) atoms. The van der Waals surface area contributed by atoms with Gasteiger partial charge >= 0.3 is 0 Å². The third kappa shape index (κ3) is 4.26. The average Bonchev–Trinajstić information content (AvgIpc) is 2.79. The third-order valence-corrected chi connectivity index (χ3v) is 5.70. The van der Waals surface area contributed by atoms with Crippen LogP contribution in [-0.4, -0.2) is 10.5 Å². The summed E-state index contributed by atoms with van der Waals surface area (Å²) in [6, 6.07) is 27.1. The molecule has 0 atom stereocenters. The molecule has 1 heterocycles. The largest absolute Gasteiger partial charge is 0.340 e. The molecule has 0 spiro atoms. The number of para-hydroxylation sites is 1. The Labute approximate surface area is 188 Å². The maximum atomic E-state index is 13.5. The first-order chi connectivity index (χ1) is 15.5. The van der Waals surface area contributed by atoms with Gasteiger partial charge in [-0.15, -0.1) is 0 Å². The lowest BCUT2D eigenvalue weighted by Crippen LogP contribution is -2.27. The first-order valence-electron chi connectivity index (χ1n) is 10.7. The van der Waals surface area contributed by atoms with Crippen molar-refractivity contribution in [2.75, 3.05) is 5.32 Å². The molecule has 0 aliphatic carbocycles. The van der Waals surface area contributed by atoms with Gasteiger partial charge in [0.25, 0.3) is 5.91 Å². The van der Waals surface area contributed by atoms with E-state index in [0.717, 1.165) is 33.6 Å². The number of hydrogen-bond donors (Lipinski definition) is 1. The number of anilines is 1. The minimum absolute atomic E-state index is 0.153. The van der Waals surface area contributed by atoms with Gasteiger partial charge in [-0.3, -0.25) is 9.59 Å². The second-order valence-corrected chi connectivity index (χ2v) is 8.03. The van der Waals surface area contributed by atoms with Gasteiger partial charge in [0.1, 0.15) is 5.56 Å². The highest BCUT2D eigenvalue weighted by molar-refractivity contribution is 6.08. The van der Waals surface area contributed by atoms with Crippen LogP contribution in [0.5, 0.6) is 0 Å². The number of pyridine rings is 1. The lowest BCUT2D eigenvalue weighted by atomic mass is 10.0. The number of aromatic nitrogens is 1. The maximum absolute atomic E-state index is 13.5. The fourth-order valence-corrected chi connectivity index (χ4v) is 4.04. The number of benzene rings is 3. The molecule has 0 fully saturated rings. The van der Waals surface area contributed by atoms with E-state index in [0.29, 0.717) is 12.2 Å². The fourth-order valence-electron chi connectivity index (χ4n) is 4.04. The number of nitrogens with one attached hydrogen (secondary N) is 1. The van der Waals surface area contributed by atoms with Crippen LogP contribution in [0, 0.1) is 20.8 Å². The molecule has 0 unspecified atom stereocenters. The summed E-state index contributed by atoms with van der Waals surface area (Å²) in [5, 5.41) is 3.00. The zero-order valence-corrected chi connectivity index (χ0v) is 18.6. The van der Waals surface area contributed by atoms with Crippen molar-refractivity contribution >= 4 is 11.6 Å². The Balaban J connectivity index is 1.91. The molecule has 1 N–H and O–H groups in total. The topological polar surface area (TPSA) is 51.1 Å². The van der Waals surface area contributed by atoms with E-state index < -0.39 is 5.91 Å². The second-order valence-electron chi connectivity index (χ2n) is 8.03. The molecule has 1 amide bonds. The molecule has 4 rings (SSSR count). The van der Waals surface area contributed by atoms with Gasteiger partial charge in [-0.05, 0) is 43.0 Å². The molecule has 160 valence electrons. The van der Waals surface area contributed by atoms with Gasteiger partial charge < -0.3 is 9.88 Å². The Kier molecular flexibility index (Phi) is 6.04. The highest BCUT2D eigenvalue weighted by Crippen LogP contribution is 2.27. The third-order valence-electron chi connectivity index (χ3n) is 5.70. The molecule has 4 heteroatoms. The van der Waals surface area contributed by atoms with E-state index in [9.17, 15) is 9.59 Å². The van der Waals surface area contributed by atoms with Crippen LogP contribution in [0.4, 0.5) is 5.69 Å². The predicted molar refractivity (Wildman–Crippen MR) is 130 cm³/mol. The van der Waals surface area contributed by atoms with Gasteiger partial charge in [0.05, 0.1) is 5.69 Å². The van der Waals surface area contributed by atoms with Gasteiger partial charge in [0.2, 0.25) is 0 Å². The van der Waals surface area contributed by atoms with Gasteiger partial charge in [-0.1, -0.05) is 78.9 Å². The number of nitrogens with zero attached hydrogens (tertiary/aromatic N) is 1. The maximum Gasteiger partial charge on any atom is 0.261 e. The Hall–Kier alpha value is -3.92. The number of aryl methyl sites for hydroxylation is 3. The summed E-state index contributed by atoms with van der Waals surface area (Å²) in [7, 11) is 0. The molecule has 4 aromatic rings. The zero-order valence-electron chi connectivity index (χ0n) is 18.6. The zero-order chi connectivity index (χ0) is 22.7. The van der Waals surface area contributed by atoms with E-state index in [1.54, 1.807) is 6.07 Å². The predicted octanol–water partition coefficient (Wildman–Crippen LogP) is 5.74. The monoisotopic (exact) mass is 422 g/mol. The van der Waals surface area contributed by atoms with Crippen molar-refractivity contribution in [1.29, 1.82) is 0 Å². The van der Waals surface area contributed by atoms with Crippen LogP contribution in [-0.2, 0) is 6.54 Å². The summed E-state index contributed by atoms with van der Waals surface area (Å²) >= 11 is 0. The standard InChI is InChI=1S/C28H26N2O2/c1-19-11-10-12-20(2)26(19)29-28(32)25-24(31)17-21(3)30(18-22-13-6-4-7-14-22)27(25)23-15-8-5-9-16-23/h4-17H,18H2,1-3H3,(H,29,32). The first kappa shape index (κ1) is 21.3. The van der Waals surface area contributed by atoms with Crippen LogP contribution < -0.4 is 10.7 Å². The fraction of sp³-hybridized carbons (Fsp3) is 0.143. The summed E-state index contributed by atoms with van der Waals surface area (Å²) in [5.74, 6) is -0.395. The highest BCUT2D eigenvalue weighted by atomic mass is 16.2. The molecule has 4 nitrogen and oxygen atoms in total. The van der Waals surface area contributed by atoms with Crippen LogP contribution in [0.15, 0.2) is 89.7 Å². The van der Waals surface area contributed by atoms with Crippen LogP contribution >= 0.6 is 0 Å². The first-order valence-corrected chi connectivity index (χ1v) is 10.7. The van der Waals surface area contributed by atoms with E-state index in [2.05, 4.69) is 5.32 Å². The van der Waals surface area contributed by atoms with Crippen molar-refractivity contribution in [2.45, 2.75) is 27.3 Å². The SMILES string of the molecule is Cc1cccc(C)c1NC(=O)c1c(-c2ccccc2)n(Cc2ccccc2)c(C)cc1=O. The van der Waals surface area contributed by atoms with Crippen molar-refractivity contribution in [3.8, 4) is 11.3 Å². The molecular formula is C28H26N2O2. The Morgan fingerprint density at radius 2 is 1.41 bits per heavy atom. The summed E-state index contributed by atoms with van der Waals surface area (Å²) in [5.41, 5.74) is 5.88. The summed E-state index contributed by atoms with van der Waals surface area (Å²) < 4.78 is 2.05. The Morgan fingerprint density at radius 1 is 0.812 bits per heavy atom. The smallest absolute Gasteiger partial charge is 0.261 e. The van der Waals surface area contributed by atoms with E-state index >= 15 is 0 Å². The van der Waals surface area contributed by atoms with Crippen molar-refractivity contribution in [3.63, 3.8) is 0 Å². The van der Waals surface area contributed by atoms with Crippen molar-refractivity contribution < 1.29 is 4.79 Å². The quantitative estimate of drug-likeness (QED) is 0.446. The molecule has 0 saturated heterocycles. The van der Waals surface area contributed by atoms with Crippen LogP contribution in [0.1, 0.15) is 32.7 Å². The van der Waals surface area contributed by atoms with Crippen LogP contribution in [0.2, 0.25) is 0 Å². The molecule has 0 saturated carbocycles. The Morgan fingerprint density at radius 3 is 2.03 bits per heavy atom. The van der Waals surface area contributed by atoms with Crippen molar-refractivity contribution in [3.05, 3.63) is 123 Å². The van der Waals surface area contributed by atoms with Gasteiger partial charge in [0.15, 0.2) is 5.43 Å². The molecule has 0 aliphatic rings. The minimum atomic E-state index is -0.395. The number of amides is 1. The summed E-state index contributed by atoms with van der Waals surface area (Å²) in [4.78, 5) is 26.7.